The molecule has 17 heavy (non-hydrogen) atoms. The average Bonchev–Trinajstić information content (AvgIpc) is 2.75. The van der Waals surface area contributed by atoms with Crippen LogP contribution in [0.2, 0.25) is 0 Å². The maximum Gasteiger partial charge on any atom is 0.251 e. The molecule has 0 bridgehead atoms. The van der Waals surface area contributed by atoms with E-state index in [2.05, 4.69) is 9.88 Å². The van der Waals surface area contributed by atoms with Crippen LogP contribution in [-0.2, 0) is 4.79 Å². The first-order valence-corrected chi connectivity index (χ1v) is 6.60. The Labute approximate surface area is 105 Å². The second kappa shape index (κ2) is 5.01. The maximum atomic E-state index is 11.6. The Kier molecular flexibility index (Phi) is 3.63. The molecule has 1 unspecified atom stereocenters. The number of aliphatic hydroxyl groups is 1. The van der Waals surface area contributed by atoms with E-state index in [-0.39, 0.29) is 5.91 Å². The molecular weight excluding hydrogens is 238 g/mol. The molecule has 1 fully saturated rings. The van der Waals surface area contributed by atoms with Crippen LogP contribution in [0.15, 0.2) is 5.38 Å². The van der Waals surface area contributed by atoms with Crippen LogP contribution >= 0.6 is 11.3 Å². The number of carbonyl (C=O) groups excluding carboxylic acids is 1. The lowest BCUT2D eigenvalue weighted by atomic mass is 10.3. The van der Waals surface area contributed by atoms with Gasteiger partial charge in [0.2, 0.25) is 0 Å². The Balaban J connectivity index is 1.92. The number of hydrogen-bond donors (Lipinski definition) is 1. The summed E-state index contributed by atoms with van der Waals surface area (Å²) in [7, 11) is 0. The molecule has 2 heterocycles. The minimum atomic E-state index is -0.899. The molecule has 1 aliphatic rings. The van der Waals surface area contributed by atoms with Crippen LogP contribution < -0.4 is 4.90 Å². The van der Waals surface area contributed by atoms with Crippen molar-refractivity contribution in [3.05, 3.63) is 11.1 Å². The highest BCUT2D eigenvalue weighted by Gasteiger charge is 2.24. The molecule has 5 nitrogen and oxygen atoms in total. The van der Waals surface area contributed by atoms with Crippen molar-refractivity contribution < 1.29 is 9.90 Å². The molecule has 1 aromatic heterocycles. The molecule has 94 valence electrons. The van der Waals surface area contributed by atoms with Crippen LogP contribution in [0.5, 0.6) is 0 Å². The van der Waals surface area contributed by atoms with Crippen molar-refractivity contribution in [3.63, 3.8) is 0 Å². The van der Waals surface area contributed by atoms with Gasteiger partial charge in [-0.2, -0.15) is 0 Å². The van der Waals surface area contributed by atoms with Crippen LogP contribution in [0.4, 0.5) is 5.13 Å². The number of anilines is 1. The van der Waals surface area contributed by atoms with E-state index in [1.54, 1.807) is 16.2 Å². The molecule has 0 spiro atoms. The number of aliphatic hydroxyl groups excluding tert-OH is 1. The predicted molar refractivity (Wildman–Crippen MR) is 67.3 cm³/mol. The minimum absolute atomic E-state index is 0.181. The van der Waals surface area contributed by atoms with E-state index in [1.165, 1.54) is 6.92 Å². The van der Waals surface area contributed by atoms with E-state index in [1.807, 2.05) is 12.3 Å². The van der Waals surface area contributed by atoms with Crippen LogP contribution in [0.25, 0.3) is 0 Å². The van der Waals surface area contributed by atoms with Crippen LogP contribution in [0.1, 0.15) is 12.6 Å². The van der Waals surface area contributed by atoms with Gasteiger partial charge in [0.1, 0.15) is 6.10 Å². The van der Waals surface area contributed by atoms with Gasteiger partial charge in [-0.15, -0.1) is 11.3 Å². The zero-order chi connectivity index (χ0) is 12.4. The Morgan fingerprint density at radius 3 is 2.59 bits per heavy atom. The van der Waals surface area contributed by atoms with E-state index < -0.39 is 6.10 Å². The van der Waals surface area contributed by atoms with Crippen molar-refractivity contribution in [2.24, 2.45) is 0 Å². The second-order valence-corrected chi connectivity index (χ2v) is 5.10. The summed E-state index contributed by atoms with van der Waals surface area (Å²) in [5.41, 5.74) is 1.03. The maximum absolute atomic E-state index is 11.6. The molecule has 0 saturated carbocycles. The third kappa shape index (κ3) is 2.76. The highest BCUT2D eigenvalue weighted by atomic mass is 32.1. The summed E-state index contributed by atoms with van der Waals surface area (Å²) in [6.45, 7) is 6.37. The quantitative estimate of drug-likeness (QED) is 0.835. The molecule has 0 aromatic carbocycles. The number of amides is 1. The first kappa shape index (κ1) is 12.3. The highest BCUT2D eigenvalue weighted by Crippen LogP contribution is 2.21. The molecule has 1 aliphatic heterocycles. The van der Waals surface area contributed by atoms with Gasteiger partial charge in [0.15, 0.2) is 5.13 Å². The number of piperazine rings is 1. The van der Waals surface area contributed by atoms with Gasteiger partial charge in [-0.1, -0.05) is 0 Å². The summed E-state index contributed by atoms with van der Waals surface area (Å²) in [5.74, 6) is -0.181. The first-order valence-electron chi connectivity index (χ1n) is 5.72. The van der Waals surface area contributed by atoms with Crippen molar-refractivity contribution in [2.75, 3.05) is 31.1 Å². The lowest BCUT2D eigenvalue weighted by Gasteiger charge is -2.35. The third-order valence-electron chi connectivity index (χ3n) is 2.83. The zero-order valence-electron chi connectivity index (χ0n) is 10.1. The Bertz CT molecular complexity index is 397. The van der Waals surface area contributed by atoms with Gasteiger partial charge in [0, 0.05) is 31.6 Å². The number of aromatic nitrogens is 1. The van der Waals surface area contributed by atoms with E-state index in [4.69, 9.17) is 0 Å². The number of hydrogen-bond acceptors (Lipinski definition) is 5. The molecule has 1 aromatic rings. The van der Waals surface area contributed by atoms with Gasteiger partial charge in [-0.25, -0.2) is 4.98 Å². The van der Waals surface area contributed by atoms with Crippen molar-refractivity contribution >= 4 is 22.4 Å². The number of nitrogens with zero attached hydrogens (tertiary/aromatic N) is 3. The third-order valence-corrected chi connectivity index (χ3v) is 3.85. The van der Waals surface area contributed by atoms with Gasteiger partial charge >= 0.3 is 0 Å². The highest BCUT2D eigenvalue weighted by molar-refractivity contribution is 7.13. The fraction of sp³-hybridized carbons (Fsp3) is 0.636. The summed E-state index contributed by atoms with van der Waals surface area (Å²) in [6, 6.07) is 0. The summed E-state index contributed by atoms with van der Waals surface area (Å²) >= 11 is 1.63. The van der Waals surface area contributed by atoms with E-state index in [0.29, 0.717) is 13.1 Å². The number of carbonyl (C=O) groups is 1. The van der Waals surface area contributed by atoms with Crippen LogP contribution in [0.3, 0.4) is 0 Å². The molecule has 6 heteroatoms. The van der Waals surface area contributed by atoms with E-state index in [9.17, 15) is 9.90 Å². The van der Waals surface area contributed by atoms with Gasteiger partial charge in [0.05, 0.1) is 5.69 Å². The van der Waals surface area contributed by atoms with E-state index in [0.717, 1.165) is 23.9 Å². The fourth-order valence-electron chi connectivity index (χ4n) is 1.87. The lowest BCUT2D eigenvalue weighted by Crippen LogP contribution is -2.51. The van der Waals surface area contributed by atoms with Crippen molar-refractivity contribution in [1.29, 1.82) is 0 Å². The van der Waals surface area contributed by atoms with Crippen molar-refractivity contribution in [2.45, 2.75) is 20.0 Å². The number of rotatable bonds is 2. The van der Waals surface area contributed by atoms with Gasteiger partial charge in [-0.05, 0) is 13.8 Å². The Morgan fingerprint density at radius 1 is 1.47 bits per heavy atom. The summed E-state index contributed by atoms with van der Waals surface area (Å²) in [5, 5.41) is 12.3. The monoisotopic (exact) mass is 255 g/mol. The summed E-state index contributed by atoms with van der Waals surface area (Å²) in [6.07, 6.45) is -0.899. The summed E-state index contributed by atoms with van der Waals surface area (Å²) < 4.78 is 0. The number of aryl methyl sites for hydroxylation is 1. The molecule has 1 saturated heterocycles. The molecule has 1 amide bonds. The Hall–Kier alpha value is -1.14. The zero-order valence-corrected chi connectivity index (χ0v) is 10.9. The summed E-state index contributed by atoms with van der Waals surface area (Å²) in [4.78, 5) is 19.9. The first-order chi connectivity index (χ1) is 8.08. The average molecular weight is 255 g/mol. The standard InChI is InChI=1S/C11H17N3O2S/c1-8-7-17-11(12-8)14-5-3-13(4-6-14)10(16)9(2)15/h7,9,15H,3-6H2,1-2H3. The van der Waals surface area contributed by atoms with Crippen LogP contribution in [-0.4, -0.2) is 53.2 Å². The minimum Gasteiger partial charge on any atom is -0.384 e. The normalized spacial score (nSPS) is 18.3. The largest absolute Gasteiger partial charge is 0.384 e. The molecule has 1 N–H and O–H groups in total. The molecule has 0 radical (unpaired) electrons. The SMILES string of the molecule is Cc1csc(N2CCN(C(=O)C(C)O)CC2)n1. The molecular formula is C11H17N3O2S. The van der Waals surface area contributed by atoms with Gasteiger partial charge < -0.3 is 14.9 Å². The molecule has 0 aliphatic carbocycles. The topological polar surface area (TPSA) is 56.7 Å². The molecule has 1 atom stereocenters. The van der Waals surface area contributed by atoms with Gasteiger partial charge in [-0.3, -0.25) is 4.79 Å². The fourth-order valence-corrected chi connectivity index (χ4v) is 2.73. The number of thiazole rings is 1. The second-order valence-electron chi connectivity index (χ2n) is 4.26. The predicted octanol–water partition coefficient (Wildman–Crippen LogP) is 0.481. The van der Waals surface area contributed by atoms with Crippen molar-refractivity contribution in [1.82, 2.24) is 9.88 Å². The van der Waals surface area contributed by atoms with Gasteiger partial charge in [0.25, 0.3) is 5.91 Å². The molecule has 2 rings (SSSR count). The smallest absolute Gasteiger partial charge is 0.251 e. The van der Waals surface area contributed by atoms with Crippen LogP contribution in [0, 0.1) is 6.92 Å². The Morgan fingerprint density at radius 2 is 2.12 bits per heavy atom. The lowest BCUT2D eigenvalue weighted by molar-refractivity contribution is -0.139. The van der Waals surface area contributed by atoms with Crippen molar-refractivity contribution in [3.8, 4) is 0 Å². The van der Waals surface area contributed by atoms with E-state index >= 15 is 0 Å².